The van der Waals surface area contributed by atoms with Crippen molar-refractivity contribution in [3.63, 3.8) is 0 Å². The van der Waals surface area contributed by atoms with E-state index in [1.54, 1.807) is 39.8 Å². The number of aliphatic hydroxyl groups excluding tert-OH is 1. The second-order valence-electron chi connectivity index (χ2n) is 5.47. The maximum atomic E-state index is 11.6. The van der Waals surface area contributed by atoms with E-state index in [4.69, 9.17) is 4.74 Å². The van der Waals surface area contributed by atoms with Gasteiger partial charge in [-0.3, -0.25) is 0 Å². The van der Waals surface area contributed by atoms with Gasteiger partial charge in [0.2, 0.25) is 0 Å². The smallest absolute Gasteiger partial charge is 0.407 e. The zero-order chi connectivity index (χ0) is 14.6. The Kier molecular flexibility index (Phi) is 4.78. The Balaban J connectivity index is 2.63. The third kappa shape index (κ3) is 5.18. The van der Waals surface area contributed by atoms with Crippen molar-refractivity contribution in [2.45, 2.75) is 45.4 Å². The molecule has 0 saturated carbocycles. The van der Waals surface area contributed by atoms with Gasteiger partial charge in [-0.2, -0.15) is 0 Å². The number of aliphatic hydroxyl groups is 1. The number of ether oxygens (including phenoxy) is 1. The van der Waals surface area contributed by atoms with E-state index in [-0.39, 0.29) is 5.75 Å². The standard InChI is InChI=1S/C14H21NO4/c1-9(15-13(18)19-14(2,3)4)12(17)10-6-5-7-11(16)8-10/h5-9,12,16-17H,1-4H3,(H,15,18)/t9-,12-/m1/s1. The van der Waals surface area contributed by atoms with Crippen LogP contribution in [0, 0.1) is 0 Å². The highest BCUT2D eigenvalue weighted by Gasteiger charge is 2.22. The first-order valence-corrected chi connectivity index (χ1v) is 6.15. The molecule has 1 aromatic carbocycles. The molecule has 2 atom stereocenters. The van der Waals surface area contributed by atoms with Crippen molar-refractivity contribution >= 4 is 6.09 Å². The Morgan fingerprint density at radius 3 is 2.53 bits per heavy atom. The average Bonchev–Trinajstić information content (AvgIpc) is 2.25. The molecule has 0 aliphatic carbocycles. The molecule has 0 aromatic heterocycles. The summed E-state index contributed by atoms with van der Waals surface area (Å²) in [5, 5.41) is 22.0. The van der Waals surface area contributed by atoms with E-state index < -0.39 is 23.8 Å². The van der Waals surface area contributed by atoms with Gasteiger partial charge in [0.25, 0.3) is 0 Å². The van der Waals surface area contributed by atoms with Crippen molar-refractivity contribution in [2.24, 2.45) is 0 Å². The molecule has 19 heavy (non-hydrogen) atoms. The molecule has 106 valence electrons. The van der Waals surface area contributed by atoms with Crippen LogP contribution in [0.3, 0.4) is 0 Å². The molecule has 0 spiro atoms. The van der Waals surface area contributed by atoms with Crippen molar-refractivity contribution in [1.82, 2.24) is 5.32 Å². The summed E-state index contributed by atoms with van der Waals surface area (Å²) in [6, 6.07) is 5.75. The SMILES string of the molecule is C[C@@H](NC(=O)OC(C)(C)C)[C@@H](O)c1cccc(O)c1. The Hall–Kier alpha value is -1.75. The van der Waals surface area contributed by atoms with Crippen LogP contribution in [0.1, 0.15) is 39.4 Å². The van der Waals surface area contributed by atoms with Crippen LogP contribution < -0.4 is 5.32 Å². The zero-order valence-electron chi connectivity index (χ0n) is 11.7. The zero-order valence-corrected chi connectivity index (χ0v) is 11.7. The number of phenols is 1. The minimum absolute atomic E-state index is 0.0704. The van der Waals surface area contributed by atoms with Crippen LogP contribution in [0.2, 0.25) is 0 Å². The number of aromatic hydroxyl groups is 1. The number of carbonyl (C=O) groups is 1. The van der Waals surface area contributed by atoms with Crippen LogP contribution in [-0.4, -0.2) is 27.9 Å². The minimum atomic E-state index is -0.917. The number of hydrogen-bond donors (Lipinski definition) is 3. The Morgan fingerprint density at radius 2 is 2.00 bits per heavy atom. The molecular weight excluding hydrogens is 246 g/mol. The third-order valence-electron chi connectivity index (χ3n) is 2.43. The lowest BCUT2D eigenvalue weighted by Crippen LogP contribution is -2.40. The lowest BCUT2D eigenvalue weighted by atomic mass is 10.0. The lowest BCUT2D eigenvalue weighted by molar-refractivity contribution is 0.0436. The molecule has 0 unspecified atom stereocenters. The van der Waals surface area contributed by atoms with E-state index in [1.807, 2.05) is 0 Å². The molecule has 5 heteroatoms. The van der Waals surface area contributed by atoms with Gasteiger partial charge in [0.15, 0.2) is 0 Å². The Morgan fingerprint density at radius 1 is 1.37 bits per heavy atom. The highest BCUT2D eigenvalue weighted by atomic mass is 16.6. The number of phenolic OH excluding ortho intramolecular Hbond substituents is 1. The number of alkyl carbamates (subject to hydrolysis) is 1. The first-order valence-electron chi connectivity index (χ1n) is 6.15. The fourth-order valence-electron chi connectivity index (χ4n) is 1.57. The molecule has 1 amide bonds. The van der Waals surface area contributed by atoms with Crippen molar-refractivity contribution in [2.75, 3.05) is 0 Å². The Labute approximate surface area is 113 Å². The maximum absolute atomic E-state index is 11.6. The van der Waals surface area contributed by atoms with Gasteiger partial charge in [-0.1, -0.05) is 12.1 Å². The van der Waals surface area contributed by atoms with Gasteiger partial charge in [0.05, 0.1) is 12.1 Å². The van der Waals surface area contributed by atoms with Gasteiger partial charge >= 0.3 is 6.09 Å². The molecule has 1 aromatic rings. The van der Waals surface area contributed by atoms with E-state index in [1.165, 1.54) is 12.1 Å². The topological polar surface area (TPSA) is 78.8 Å². The monoisotopic (exact) mass is 267 g/mol. The third-order valence-corrected chi connectivity index (χ3v) is 2.43. The van der Waals surface area contributed by atoms with Gasteiger partial charge < -0.3 is 20.3 Å². The van der Waals surface area contributed by atoms with Gasteiger partial charge in [0, 0.05) is 0 Å². The van der Waals surface area contributed by atoms with E-state index in [0.717, 1.165) is 0 Å². The van der Waals surface area contributed by atoms with E-state index in [2.05, 4.69) is 5.32 Å². The first-order chi connectivity index (χ1) is 8.69. The van der Waals surface area contributed by atoms with Crippen LogP contribution in [0.4, 0.5) is 4.79 Å². The minimum Gasteiger partial charge on any atom is -0.508 e. The fraction of sp³-hybridized carbons (Fsp3) is 0.500. The van der Waals surface area contributed by atoms with Crippen LogP contribution >= 0.6 is 0 Å². The van der Waals surface area contributed by atoms with Crippen LogP contribution in [-0.2, 0) is 4.74 Å². The van der Waals surface area contributed by atoms with Gasteiger partial charge in [-0.25, -0.2) is 4.79 Å². The molecule has 1 rings (SSSR count). The second kappa shape index (κ2) is 5.93. The van der Waals surface area contributed by atoms with Crippen molar-refractivity contribution in [1.29, 1.82) is 0 Å². The highest BCUT2D eigenvalue weighted by molar-refractivity contribution is 5.68. The summed E-state index contributed by atoms with van der Waals surface area (Å²) < 4.78 is 5.11. The Bertz CT molecular complexity index is 439. The maximum Gasteiger partial charge on any atom is 0.407 e. The summed E-state index contributed by atoms with van der Waals surface area (Å²) in [6.45, 7) is 6.97. The number of nitrogens with one attached hydrogen (secondary N) is 1. The molecule has 0 saturated heterocycles. The lowest BCUT2D eigenvalue weighted by Gasteiger charge is -2.24. The van der Waals surface area contributed by atoms with E-state index in [0.29, 0.717) is 5.56 Å². The highest BCUT2D eigenvalue weighted by Crippen LogP contribution is 2.21. The van der Waals surface area contributed by atoms with Crippen LogP contribution in [0.15, 0.2) is 24.3 Å². The van der Waals surface area contributed by atoms with Crippen molar-refractivity contribution in [3.05, 3.63) is 29.8 Å². The van der Waals surface area contributed by atoms with Gasteiger partial charge in [0.1, 0.15) is 11.4 Å². The normalized spacial score (nSPS) is 14.6. The number of hydrogen-bond acceptors (Lipinski definition) is 4. The number of rotatable bonds is 3. The van der Waals surface area contributed by atoms with E-state index >= 15 is 0 Å². The van der Waals surface area contributed by atoms with E-state index in [9.17, 15) is 15.0 Å². The summed E-state index contributed by atoms with van der Waals surface area (Å²) in [5.74, 6) is 0.0704. The molecule has 0 heterocycles. The van der Waals surface area contributed by atoms with Crippen LogP contribution in [0.25, 0.3) is 0 Å². The molecule has 0 aliphatic rings. The predicted molar refractivity (Wildman–Crippen MR) is 71.9 cm³/mol. The second-order valence-corrected chi connectivity index (χ2v) is 5.47. The molecule has 5 nitrogen and oxygen atoms in total. The number of amides is 1. The van der Waals surface area contributed by atoms with Crippen molar-refractivity contribution in [3.8, 4) is 5.75 Å². The summed E-state index contributed by atoms with van der Waals surface area (Å²) in [4.78, 5) is 11.6. The van der Waals surface area contributed by atoms with Gasteiger partial charge in [-0.05, 0) is 45.4 Å². The molecular formula is C14H21NO4. The molecule has 0 bridgehead atoms. The molecule has 0 radical (unpaired) electrons. The summed E-state index contributed by atoms with van der Waals surface area (Å²) >= 11 is 0. The predicted octanol–water partition coefficient (Wildman–Crippen LogP) is 2.34. The number of carbonyl (C=O) groups excluding carboxylic acids is 1. The van der Waals surface area contributed by atoms with Crippen molar-refractivity contribution < 1.29 is 19.7 Å². The summed E-state index contributed by atoms with van der Waals surface area (Å²) in [6.07, 6.45) is -1.50. The number of benzene rings is 1. The summed E-state index contributed by atoms with van der Waals surface area (Å²) in [5.41, 5.74) is -0.0525. The fourth-order valence-corrected chi connectivity index (χ4v) is 1.57. The summed E-state index contributed by atoms with van der Waals surface area (Å²) in [7, 11) is 0. The molecule has 0 fully saturated rings. The van der Waals surface area contributed by atoms with Crippen LogP contribution in [0.5, 0.6) is 5.75 Å². The first kappa shape index (κ1) is 15.3. The quantitative estimate of drug-likeness (QED) is 0.785. The average molecular weight is 267 g/mol. The molecule has 0 aliphatic heterocycles. The van der Waals surface area contributed by atoms with Gasteiger partial charge in [-0.15, -0.1) is 0 Å². The largest absolute Gasteiger partial charge is 0.508 e. The molecule has 3 N–H and O–H groups in total.